The molecular weight excluding hydrogens is 650 g/mol. The van der Waals surface area contributed by atoms with Gasteiger partial charge < -0.3 is 19.3 Å². The van der Waals surface area contributed by atoms with Gasteiger partial charge in [-0.25, -0.2) is 8.42 Å². The van der Waals surface area contributed by atoms with Gasteiger partial charge in [-0.3, -0.25) is 0 Å². The van der Waals surface area contributed by atoms with Gasteiger partial charge in [0, 0.05) is 62.2 Å². The molecule has 1 atom stereocenters. The van der Waals surface area contributed by atoms with Gasteiger partial charge in [-0.2, -0.15) is 0 Å². The van der Waals surface area contributed by atoms with Crippen LogP contribution in [0.1, 0.15) is 67.0 Å². The van der Waals surface area contributed by atoms with Gasteiger partial charge in [0.05, 0.1) is 4.90 Å². The number of benzene rings is 5. The summed E-state index contributed by atoms with van der Waals surface area (Å²) in [5, 5.41) is 0. The molecule has 5 aromatic rings. The molecule has 0 aliphatic carbocycles. The second-order valence-corrected chi connectivity index (χ2v) is 13.9. The van der Waals surface area contributed by atoms with E-state index in [0.717, 1.165) is 44.0 Å². The summed E-state index contributed by atoms with van der Waals surface area (Å²) >= 11 is 0. The maximum Gasteiger partial charge on any atom is 1.00 e. The van der Waals surface area contributed by atoms with Crippen LogP contribution >= 0.6 is 0 Å². The summed E-state index contributed by atoms with van der Waals surface area (Å²) < 4.78 is 34.8. The molecule has 0 amide bonds. The van der Waals surface area contributed by atoms with Crippen LogP contribution in [0.5, 0.6) is 0 Å². The normalized spacial score (nSPS) is 11.8. The number of anilines is 3. The molecule has 5 rings (SSSR count). The second kappa shape index (κ2) is 18.1. The molecule has 0 fully saturated rings. The van der Waals surface area contributed by atoms with Crippen molar-refractivity contribution in [2.45, 2.75) is 58.5 Å². The van der Waals surface area contributed by atoms with Crippen LogP contribution in [-0.2, 0) is 23.2 Å². The molecular formula is C42H48N3NaO3S. The van der Waals surface area contributed by atoms with E-state index >= 15 is 0 Å². The second-order valence-electron chi connectivity index (χ2n) is 12.5. The first-order valence-electron chi connectivity index (χ1n) is 17.3. The van der Waals surface area contributed by atoms with Crippen LogP contribution < -0.4 is 44.3 Å². The van der Waals surface area contributed by atoms with Crippen molar-refractivity contribution in [3.05, 3.63) is 155 Å². The summed E-state index contributed by atoms with van der Waals surface area (Å²) in [6, 6.07) is 41.7. The van der Waals surface area contributed by atoms with Crippen LogP contribution in [0.25, 0.3) is 0 Å². The van der Waals surface area contributed by atoms with E-state index in [1.807, 2.05) is 6.07 Å². The van der Waals surface area contributed by atoms with E-state index < -0.39 is 10.1 Å². The van der Waals surface area contributed by atoms with Crippen LogP contribution in [0, 0.1) is 6.92 Å². The fraction of sp³-hybridized carbons (Fsp3) is 0.286. The maximum atomic E-state index is 11.6. The Morgan fingerprint density at radius 3 is 1.30 bits per heavy atom. The zero-order chi connectivity index (χ0) is 35.0. The topological polar surface area (TPSA) is 66.9 Å². The standard InChI is InChI=1S/C42H49N3O3S.Na/c1-6-43(7-2)38-22-16-35(17-23-38)42(36-18-24-39(25-19-36)44(8-3)30-33-13-10-12-32(5)28-33)37-20-26-40(27-21-37)45(9-4)31-34-14-11-15-41(29-34)49(46,47)48;/h10-29,42H,6-9,30-31H2,1-5H3,(H,46,47,48);/q;+1/p-1. The Morgan fingerprint density at radius 2 is 0.920 bits per heavy atom. The SMILES string of the molecule is CCN(CC)c1ccc(C(c2ccc(N(CC)Cc3cccc(C)c3)cc2)c2ccc(N(CC)Cc3cccc(S(=O)(=O)[O-])c3)cc2)cc1.[Na+]. The quantitative estimate of drug-likeness (QED) is 0.0762. The van der Waals surface area contributed by atoms with Crippen molar-refractivity contribution in [2.75, 3.05) is 40.9 Å². The molecule has 1 unspecified atom stereocenters. The van der Waals surface area contributed by atoms with E-state index in [1.54, 1.807) is 6.07 Å². The van der Waals surface area contributed by atoms with Gasteiger partial charge in [-0.1, -0.05) is 78.4 Å². The Bertz CT molecular complexity index is 1910. The number of hydrogen-bond acceptors (Lipinski definition) is 6. The average Bonchev–Trinajstić information content (AvgIpc) is 3.11. The molecule has 0 aromatic heterocycles. The van der Waals surface area contributed by atoms with Crippen molar-refractivity contribution in [1.29, 1.82) is 0 Å². The molecule has 0 heterocycles. The molecule has 0 spiro atoms. The van der Waals surface area contributed by atoms with Crippen LogP contribution in [0.4, 0.5) is 17.1 Å². The molecule has 0 saturated carbocycles. The summed E-state index contributed by atoms with van der Waals surface area (Å²) in [7, 11) is -4.51. The molecule has 0 N–H and O–H groups in total. The molecule has 50 heavy (non-hydrogen) atoms. The predicted molar refractivity (Wildman–Crippen MR) is 203 cm³/mol. The zero-order valence-electron chi connectivity index (χ0n) is 30.3. The average molecular weight is 698 g/mol. The predicted octanol–water partition coefficient (Wildman–Crippen LogP) is 5.98. The zero-order valence-corrected chi connectivity index (χ0v) is 33.2. The Labute approximate surface area is 321 Å². The Balaban J connectivity index is 0.00000562. The molecule has 5 aromatic carbocycles. The minimum Gasteiger partial charge on any atom is -0.744 e. The summed E-state index contributed by atoms with van der Waals surface area (Å²) in [6.45, 7) is 15.7. The first-order chi connectivity index (χ1) is 23.6. The molecule has 8 heteroatoms. The van der Waals surface area contributed by atoms with Crippen LogP contribution in [0.2, 0.25) is 0 Å². The van der Waals surface area contributed by atoms with Gasteiger partial charge in [-0.05, 0) is 111 Å². The largest absolute Gasteiger partial charge is 1.00 e. The minimum atomic E-state index is -4.51. The number of nitrogens with zero attached hydrogens (tertiary/aromatic N) is 3. The van der Waals surface area contributed by atoms with Crippen molar-refractivity contribution in [2.24, 2.45) is 0 Å². The van der Waals surface area contributed by atoms with Gasteiger partial charge >= 0.3 is 29.6 Å². The summed E-state index contributed by atoms with van der Waals surface area (Å²) in [5.41, 5.74) is 10.5. The molecule has 0 aliphatic rings. The number of rotatable bonds is 15. The number of aryl methyl sites for hydroxylation is 1. The van der Waals surface area contributed by atoms with Gasteiger partial charge in [-0.15, -0.1) is 0 Å². The third kappa shape index (κ3) is 9.80. The van der Waals surface area contributed by atoms with Crippen molar-refractivity contribution in [1.82, 2.24) is 0 Å². The van der Waals surface area contributed by atoms with Crippen molar-refractivity contribution < 1.29 is 42.5 Å². The van der Waals surface area contributed by atoms with Crippen molar-refractivity contribution >= 4 is 27.2 Å². The third-order valence-electron chi connectivity index (χ3n) is 9.32. The monoisotopic (exact) mass is 697 g/mol. The van der Waals surface area contributed by atoms with E-state index in [0.29, 0.717) is 6.54 Å². The molecule has 0 radical (unpaired) electrons. The summed E-state index contributed by atoms with van der Waals surface area (Å²) in [4.78, 5) is 6.74. The van der Waals surface area contributed by atoms with Gasteiger partial charge in [0.15, 0.2) is 0 Å². The van der Waals surface area contributed by atoms with Gasteiger partial charge in [0.1, 0.15) is 10.1 Å². The van der Waals surface area contributed by atoms with Crippen LogP contribution in [-0.4, -0.2) is 39.1 Å². The van der Waals surface area contributed by atoms with Gasteiger partial charge in [0.2, 0.25) is 0 Å². The molecule has 0 bridgehead atoms. The molecule has 0 saturated heterocycles. The maximum absolute atomic E-state index is 11.6. The Hall–Kier alpha value is -3.59. The fourth-order valence-electron chi connectivity index (χ4n) is 6.62. The fourth-order valence-corrected chi connectivity index (χ4v) is 7.16. The third-order valence-corrected chi connectivity index (χ3v) is 10.1. The van der Waals surface area contributed by atoms with E-state index in [9.17, 15) is 13.0 Å². The van der Waals surface area contributed by atoms with Crippen molar-refractivity contribution in [3.8, 4) is 0 Å². The minimum absolute atomic E-state index is 0. The van der Waals surface area contributed by atoms with E-state index in [1.165, 1.54) is 51.3 Å². The van der Waals surface area contributed by atoms with Gasteiger partial charge in [0.25, 0.3) is 0 Å². The number of hydrogen-bond donors (Lipinski definition) is 0. The molecule has 6 nitrogen and oxygen atoms in total. The first kappa shape index (κ1) is 39.2. The summed E-state index contributed by atoms with van der Waals surface area (Å²) in [6.07, 6.45) is 0. The van der Waals surface area contributed by atoms with Crippen LogP contribution in [0.15, 0.2) is 126 Å². The molecule has 256 valence electrons. The Morgan fingerprint density at radius 1 is 0.540 bits per heavy atom. The van der Waals surface area contributed by atoms with E-state index in [2.05, 4.69) is 146 Å². The van der Waals surface area contributed by atoms with Crippen LogP contribution in [0.3, 0.4) is 0 Å². The summed E-state index contributed by atoms with van der Waals surface area (Å²) in [5.74, 6) is 0.0368. The van der Waals surface area contributed by atoms with E-state index in [-0.39, 0.29) is 40.4 Å². The Kier molecular flexibility index (Phi) is 14.2. The van der Waals surface area contributed by atoms with E-state index in [4.69, 9.17) is 0 Å². The smallest absolute Gasteiger partial charge is 0.744 e. The van der Waals surface area contributed by atoms with Crippen molar-refractivity contribution in [3.63, 3.8) is 0 Å². The molecule has 0 aliphatic heterocycles. The first-order valence-corrected chi connectivity index (χ1v) is 18.7.